The molecule has 0 aliphatic heterocycles. The lowest BCUT2D eigenvalue weighted by Crippen LogP contribution is -2.08. The third kappa shape index (κ3) is 2.54. The Morgan fingerprint density at radius 1 is 1.46 bits per heavy atom. The minimum atomic E-state index is -0.409. The zero-order chi connectivity index (χ0) is 9.84. The Bertz CT molecular complexity index is 312. The van der Waals surface area contributed by atoms with Crippen molar-refractivity contribution < 1.29 is 9.53 Å². The second-order valence-corrected chi connectivity index (χ2v) is 4.18. The molecule has 1 aromatic rings. The lowest BCUT2D eigenvalue weighted by Gasteiger charge is -2.09. The second kappa shape index (κ2) is 4.77. The molecule has 70 valence electrons. The number of hydrogen-bond acceptors (Lipinski definition) is 2. The molecule has 0 bridgehead atoms. The average Bonchev–Trinajstić information content (AvgIpc) is 2.16. The highest BCUT2D eigenvalue weighted by atomic mass is 79.9. The molecule has 1 rings (SSSR count). The van der Waals surface area contributed by atoms with Crippen molar-refractivity contribution in [3.05, 3.63) is 34.3 Å². The van der Waals surface area contributed by atoms with Crippen molar-refractivity contribution in [2.45, 2.75) is 4.83 Å². The van der Waals surface area contributed by atoms with Gasteiger partial charge < -0.3 is 4.74 Å². The Morgan fingerprint density at radius 2 is 2.08 bits per heavy atom. The standard InChI is InChI=1S/C9H8Br2O2/c1-13-9(12)8(11)6-4-2-3-5-7(6)10/h2-5,8H,1H3. The van der Waals surface area contributed by atoms with Gasteiger partial charge in [0.2, 0.25) is 0 Å². The Kier molecular flexibility index (Phi) is 3.93. The minimum absolute atomic E-state index is 0.299. The van der Waals surface area contributed by atoms with Gasteiger partial charge in [0.15, 0.2) is 0 Å². The van der Waals surface area contributed by atoms with Gasteiger partial charge in [-0.3, -0.25) is 4.79 Å². The summed E-state index contributed by atoms with van der Waals surface area (Å²) in [6.45, 7) is 0. The molecule has 0 amide bonds. The summed E-state index contributed by atoms with van der Waals surface area (Å²) < 4.78 is 5.51. The van der Waals surface area contributed by atoms with Crippen molar-refractivity contribution in [3.63, 3.8) is 0 Å². The molecule has 0 radical (unpaired) electrons. The van der Waals surface area contributed by atoms with E-state index in [1.807, 2.05) is 24.3 Å². The van der Waals surface area contributed by atoms with Crippen molar-refractivity contribution in [1.29, 1.82) is 0 Å². The second-order valence-electron chi connectivity index (χ2n) is 2.41. The Hall–Kier alpha value is -0.350. The summed E-state index contributed by atoms with van der Waals surface area (Å²) in [5, 5.41) is 0. The van der Waals surface area contributed by atoms with Crippen molar-refractivity contribution in [1.82, 2.24) is 0 Å². The number of carbonyl (C=O) groups excluding carboxylic acids is 1. The van der Waals surface area contributed by atoms with E-state index in [4.69, 9.17) is 0 Å². The van der Waals surface area contributed by atoms with Crippen LogP contribution in [-0.4, -0.2) is 13.1 Å². The molecule has 1 atom stereocenters. The van der Waals surface area contributed by atoms with E-state index in [9.17, 15) is 4.79 Å². The van der Waals surface area contributed by atoms with Crippen LogP contribution >= 0.6 is 31.9 Å². The minimum Gasteiger partial charge on any atom is -0.468 e. The zero-order valence-electron chi connectivity index (χ0n) is 6.96. The molecular weight excluding hydrogens is 300 g/mol. The first kappa shape index (κ1) is 10.7. The van der Waals surface area contributed by atoms with Crippen molar-refractivity contribution in [2.24, 2.45) is 0 Å². The summed E-state index contributed by atoms with van der Waals surface area (Å²) in [4.78, 5) is 10.8. The number of halogens is 2. The van der Waals surface area contributed by atoms with Gasteiger partial charge >= 0.3 is 5.97 Å². The first-order chi connectivity index (χ1) is 6.16. The molecular formula is C9H8Br2O2. The topological polar surface area (TPSA) is 26.3 Å². The van der Waals surface area contributed by atoms with Gasteiger partial charge in [-0.25, -0.2) is 0 Å². The molecule has 0 spiro atoms. The number of esters is 1. The predicted molar refractivity (Wildman–Crippen MR) is 57.8 cm³/mol. The van der Waals surface area contributed by atoms with Crippen LogP contribution < -0.4 is 0 Å². The molecule has 0 aliphatic carbocycles. The maximum atomic E-state index is 11.2. The fraction of sp³-hybridized carbons (Fsp3) is 0.222. The highest BCUT2D eigenvalue weighted by Gasteiger charge is 2.19. The number of methoxy groups -OCH3 is 1. The fourth-order valence-electron chi connectivity index (χ4n) is 0.911. The summed E-state index contributed by atoms with van der Waals surface area (Å²) in [6, 6.07) is 7.51. The number of ether oxygens (including phenoxy) is 1. The maximum Gasteiger partial charge on any atom is 0.324 e. The maximum absolute atomic E-state index is 11.2. The first-order valence-corrected chi connectivity index (χ1v) is 5.34. The lowest BCUT2D eigenvalue weighted by atomic mass is 10.1. The summed E-state index contributed by atoms with van der Waals surface area (Å²) in [6.07, 6.45) is 0. The Morgan fingerprint density at radius 3 is 2.62 bits per heavy atom. The number of alkyl halides is 1. The quantitative estimate of drug-likeness (QED) is 0.620. The van der Waals surface area contributed by atoms with Crippen LogP contribution in [0.1, 0.15) is 10.4 Å². The van der Waals surface area contributed by atoms with Gasteiger partial charge in [0, 0.05) is 4.47 Å². The summed E-state index contributed by atoms with van der Waals surface area (Å²) >= 11 is 6.61. The van der Waals surface area contributed by atoms with E-state index in [-0.39, 0.29) is 5.97 Å². The zero-order valence-corrected chi connectivity index (χ0v) is 10.1. The van der Waals surface area contributed by atoms with E-state index >= 15 is 0 Å². The molecule has 0 aromatic heterocycles. The smallest absolute Gasteiger partial charge is 0.324 e. The van der Waals surface area contributed by atoms with Crippen LogP contribution in [0.3, 0.4) is 0 Å². The normalized spacial score (nSPS) is 12.2. The van der Waals surface area contributed by atoms with Gasteiger partial charge in [0.25, 0.3) is 0 Å². The lowest BCUT2D eigenvalue weighted by molar-refractivity contribution is -0.139. The average molecular weight is 308 g/mol. The highest BCUT2D eigenvalue weighted by Crippen LogP contribution is 2.30. The number of carbonyl (C=O) groups is 1. The van der Waals surface area contributed by atoms with E-state index < -0.39 is 4.83 Å². The molecule has 13 heavy (non-hydrogen) atoms. The SMILES string of the molecule is COC(=O)C(Br)c1ccccc1Br. The van der Waals surface area contributed by atoms with E-state index in [0.29, 0.717) is 0 Å². The summed E-state index contributed by atoms with van der Waals surface area (Å²) in [5.41, 5.74) is 0.870. The van der Waals surface area contributed by atoms with E-state index in [1.165, 1.54) is 7.11 Å². The molecule has 0 saturated heterocycles. The Balaban J connectivity index is 2.95. The van der Waals surface area contributed by atoms with Gasteiger partial charge in [-0.1, -0.05) is 50.1 Å². The van der Waals surface area contributed by atoms with Crippen LogP contribution in [0, 0.1) is 0 Å². The van der Waals surface area contributed by atoms with E-state index in [2.05, 4.69) is 36.6 Å². The van der Waals surface area contributed by atoms with Crippen LogP contribution in [0.5, 0.6) is 0 Å². The fourth-order valence-corrected chi connectivity index (χ4v) is 2.32. The van der Waals surface area contributed by atoms with Crippen LogP contribution in [0.25, 0.3) is 0 Å². The van der Waals surface area contributed by atoms with Crippen LogP contribution in [-0.2, 0) is 9.53 Å². The van der Waals surface area contributed by atoms with Gasteiger partial charge in [-0.15, -0.1) is 0 Å². The number of benzene rings is 1. The molecule has 0 saturated carbocycles. The molecule has 1 aromatic carbocycles. The monoisotopic (exact) mass is 306 g/mol. The molecule has 2 nitrogen and oxygen atoms in total. The number of rotatable bonds is 2. The van der Waals surface area contributed by atoms with Crippen LogP contribution in [0.15, 0.2) is 28.7 Å². The van der Waals surface area contributed by atoms with E-state index in [0.717, 1.165) is 10.0 Å². The molecule has 0 N–H and O–H groups in total. The molecule has 1 unspecified atom stereocenters. The molecule has 0 heterocycles. The molecule has 4 heteroatoms. The third-order valence-electron chi connectivity index (χ3n) is 1.59. The van der Waals surface area contributed by atoms with E-state index in [1.54, 1.807) is 0 Å². The number of hydrogen-bond donors (Lipinski definition) is 0. The van der Waals surface area contributed by atoms with Crippen molar-refractivity contribution >= 4 is 37.8 Å². The van der Waals surface area contributed by atoms with Crippen LogP contribution in [0.4, 0.5) is 0 Å². The van der Waals surface area contributed by atoms with Gasteiger partial charge in [-0.2, -0.15) is 0 Å². The summed E-state index contributed by atoms with van der Waals surface area (Å²) in [5.74, 6) is -0.299. The van der Waals surface area contributed by atoms with Gasteiger partial charge in [-0.05, 0) is 11.6 Å². The molecule has 0 aliphatic rings. The molecule has 0 fully saturated rings. The van der Waals surface area contributed by atoms with Crippen molar-refractivity contribution in [2.75, 3.05) is 7.11 Å². The largest absolute Gasteiger partial charge is 0.468 e. The third-order valence-corrected chi connectivity index (χ3v) is 3.18. The van der Waals surface area contributed by atoms with Gasteiger partial charge in [0.05, 0.1) is 7.11 Å². The first-order valence-electron chi connectivity index (χ1n) is 3.63. The highest BCUT2D eigenvalue weighted by molar-refractivity contribution is 9.11. The predicted octanol–water partition coefficient (Wildman–Crippen LogP) is 3.06. The van der Waals surface area contributed by atoms with Gasteiger partial charge in [0.1, 0.15) is 4.83 Å². The van der Waals surface area contributed by atoms with Crippen LogP contribution in [0.2, 0.25) is 0 Å². The Labute approximate surface area is 93.5 Å². The van der Waals surface area contributed by atoms with Crippen molar-refractivity contribution in [3.8, 4) is 0 Å². The summed E-state index contributed by atoms with van der Waals surface area (Å²) in [7, 11) is 1.37.